The molecular formula is C9H6F2N2. The summed E-state index contributed by atoms with van der Waals surface area (Å²) < 4.78 is 26.2. The number of nitrogens with zero attached hydrogens (tertiary/aromatic N) is 2. The monoisotopic (exact) mass is 180 g/mol. The minimum atomic E-state index is -0.920. The predicted molar refractivity (Wildman–Crippen MR) is 40.7 cm³/mol. The van der Waals surface area contributed by atoms with Crippen LogP contribution in [0, 0.1) is 23.0 Å². The van der Waals surface area contributed by atoms with Crippen molar-refractivity contribution < 1.29 is 8.78 Å². The van der Waals surface area contributed by atoms with E-state index in [0.717, 1.165) is 12.4 Å². The average Bonchev–Trinajstić information content (AvgIpc) is 2.85. The minimum absolute atomic E-state index is 0.120. The van der Waals surface area contributed by atoms with Gasteiger partial charge in [0, 0.05) is 5.56 Å². The number of hydrogen-bond acceptors (Lipinski definition) is 2. The summed E-state index contributed by atoms with van der Waals surface area (Å²) in [5.74, 6) is -1.45. The first-order valence-electron chi connectivity index (χ1n) is 3.90. The molecule has 66 valence electrons. The van der Waals surface area contributed by atoms with Crippen LogP contribution in [-0.4, -0.2) is 4.98 Å². The van der Waals surface area contributed by atoms with Gasteiger partial charge in [-0.2, -0.15) is 5.26 Å². The maximum absolute atomic E-state index is 13.1. The summed E-state index contributed by atoms with van der Waals surface area (Å²) in [5.41, 5.74) is -1.04. The smallest absolute Gasteiger partial charge is 0.149 e. The van der Waals surface area contributed by atoms with Crippen molar-refractivity contribution in [3.63, 3.8) is 0 Å². The van der Waals surface area contributed by atoms with Crippen molar-refractivity contribution >= 4 is 0 Å². The van der Waals surface area contributed by atoms with E-state index in [1.165, 1.54) is 0 Å². The molecule has 0 aliphatic heterocycles. The lowest BCUT2D eigenvalue weighted by Gasteiger charge is -2.07. The molecule has 2 nitrogen and oxygen atoms in total. The van der Waals surface area contributed by atoms with E-state index in [2.05, 4.69) is 4.98 Å². The van der Waals surface area contributed by atoms with Gasteiger partial charge in [-0.1, -0.05) is 0 Å². The van der Waals surface area contributed by atoms with Crippen LogP contribution < -0.4 is 0 Å². The van der Waals surface area contributed by atoms with Gasteiger partial charge in [-0.05, 0) is 12.8 Å². The molecule has 13 heavy (non-hydrogen) atoms. The highest BCUT2D eigenvalue weighted by molar-refractivity contribution is 5.39. The first-order valence-corrected chi connectivity index (χ1v) is 3.90. The number of hydrogen-bond donors (Lipinski definition) is 0. The van der Waals surface area contributed by atoms with Gasteiger partial charge in [0.25, 0.3) is 0 Å². The third-order valence-electron chi connectivity index (χ3n) is 2.30. The molecule has 1 saturated carbocycles. The summed E-state index contributed by atoms with van der Waals surface area (Å²) in [5, 5.41) is 8.76. The predicted octanol–water partition coefficient (Wildman–Crippen LogP) is 1.91. The maximum Gasteiger partial charge on any atom is 0.149 e. The molecule has 1 heterocycles. The Kier molecular flexibility index (Phi) is 1.56. The second-order valence-electron chi connectivity index (χ2n) is 3.17. The Morgan fingerprint density at radius 2 is 1.85 bits per heavy atom. The number of halogens is 2. The second kappa shape index (κ2) is 2.49. The van der Waals surface area contributed by atoms with Crippen molar-refractivity contribution in [1.29, 1.82) is 5.26 Å². The average molecular weight is 180 g/mol. The molecule has 1 aliphatic rings. The van der Waals surface area contributed by atoms with Gasteiger partial charge in [0.15, 0.2) is 0 Å². The molecule has 1 aromatic rings. The largest absolute Gasteiger partial charge is 0.259 e. The van der Waals surface area contributed by atoms with Crippen LogP contribution in [0.3, 0.4) is 0 Å². The molecule has 0 saturated heterocycles. The maximum atomic E-state index is 13.1. The Bertz CT molecular complexity index is 371. The molecule has 4 heteroatoms. The lowest BCUT2D eigenvalue weighted by Crippen LogP contribution is -2.09. The Morgan fingerprint density at radius 3 is 2.23 bits per heavy atom. The normalized spacial score (nSPS) is 17.9. The summed E-state index contributed by atoms with van der Waals surface area (Å²) in [6, 6.07) is 1.94. The van der Waals surface area contributed by atoms with Crippen LogP contribution in [0.5, 0.6) is 0 Å². The number of nitriles is 1. The van der Waals surface area contributed by atoms with E-state index in [4.69, 9.17) is 5.26 Å². The highest BCUT2D eigenvalue weighted by Gasteiger charge is 2.48. The van der Waals surface area contributed by atoms with Crippen LogP contribution in [0.2, 0.25) is 0 Å². The Hall–Kier alpha value is -1.50. The van der Waals surface area contributed by atoms with Gasteiger partial charge in [-0.3, -0.25) is 4.98 Å². The lowest BCUT2D eigenvalue weighted by molar-refractivity contribution is 0.533. The van der Waals surface area contributed by atoms with Crippen molar-refractivity contribution in [1.82, 2.24) is 4.98 Å². The molecule has 0 aromatic carbocycles. The molecule has 1 aromatic heterocycles. The van der Waals surface area contributed by atoms with Gasteiger partial charge in [0.05, 0.1) is 23.9 Å². The number of aromatic nitrogens is 1. The first-order chi connectivity index (χ1) is 6.19. The molecule has 0 N–H and O–H groups in total. The van der Waals surface area contributed by atoms with Crippen LogP contribution in [0.1, 0.15) is 18.4 Å². The van der Waals surface area contributed by atoms with E-state index in [1.54, 1.807) is 0 Å². The zero-order valence-electron chi connectivity index (χ0n) is 6.72. The van der Waals surface area contributed by atoms with Crippen molar-refractivity contribution in [2.45, 2.75) is 18.3 Å². The molecule has 0 spiro atoms. The van der Waals surface area contributed by atoms with Crippen LogP contribution in [-0.2, 0) is 5.41 Å². The molecule has 0 radical (unpaired) electrons. The standard InChI is InChI=1S/C9H6F2N2/c10-6-3-13-4-7(11)8(6)9(5-12)1-2-9/h3-4H,1-2H2. The molecule has 0 amide bonds. The summed E-state index contributed by atoms with van der Waals surface area (Å²) in [7, 11) is 0. The number of pyridine rings is 1. The van der Waals surface area contributed by atoms with E-state index in [9.17, 15) is 8.78 Å². The fraction of sp³-hybridized carbons (Fsp3) is 0.333. The van der Waals surface area contributed by atoms with Crippen molar-refractivity contribution in [2.24, 2.45) is 0 Å². The van der Waals surface area contributed by atoms with Gasteiger partial charge < -0.3 is 0 Å². The zero-order chi connectivity index (χ0) is 9.47. The Balaban J connectivity index is 2.58. The van der Waals surface area contributed by atoms with Gasteiger partial charge in [-0.15, -0.1) is 0 Å². The lowest BCUT2D eigenvalue weighted by atomic mass is 9.98. The van der Waals surface area contributed by atoms with Crippen LogP contribution >= 0.6 is 0 Å². The molecule has 2 rings (SSSR count). The summed E-state index contributed by atoms with van der Waals surface area (Å²) in [4.78, 5) is 3.36. The fourth-order valence-corrected chi connectivity index (χ4v) is 1.41. The summed E-state index contributed by atoms with van der Waals surface area (Å²) >= 11 is 0. The van der Waals surface area contributed by atoms with E-state index in [-0.39, 0.29) is 5.56 Å². The van der Waals surface area contributed by atoms with Gasteiger partial charge in [0.2, 0.25) is 0 Å². The van der Waals surface area contributed by atoms with Gasteiger partial charge >= 0.3 is 0 Å². The first kappa shape index (κ1) is 8.11. The highest BCUT2D eigenvalue weighted by Crippen LogP contribution is 2.49. The molecule has 0 unspecified atom stereocenters. The molecular weight excluding hydrogens is 174 g/mol. The molecule has 1 fully saturated rings. The van der Waals surface area contributed by atoms with Crippen molar-refractivity contribution in [3.05, 3.63) is 29.6 Å². The Labute approximate surface area is 73.8 Å². The van der Waals surface area contributed by atoms with E-state index >= 15 is 0 Å². The van der Waals surface area contributed by atoms with E-state index < -0.39 is 17.0 Å². The highest BCUT2D eigenvalue weighted by atomic mass is 19.1. The van der Waals surface area contributed by atoms with Gasteiger partial charge in [0.1, 0.15) is 11.6 Å². The fourth-order valence-electron chi connectivity index (χ4n) is 1.41. The number of rotatable bonds is 1. The van der Waals surface area contributed by atoms with Crippen LogP contribution in [0.15, 0.2) is 12.4 Å². The SMILES string of the molecule is N#CC1(c2c(F)cncc2F)CC1. The van der Waals surface area contributed by atoms with E-state index in [1.807, 2.05) is 6.07 Å². The molecule has 1 aliphatic carbocycles. The van der Waals surface area contributed by atoms with Crippen molar-refractivity contribution in [2.75, 3.05) is 0 Å². The minimum Gasteiger partial charge on any atom is -0.259 e. The zero-order valence-corrected chi connectivity index (χ0v) is 6.72. The van der Waals surface area contributed by atoms with Crippen LogP contribution in [0.4, 0.5) is 8.78 Å². The summed E-state index contributed by atoms with van der Waals surface area (Å²) in [6.07, 6.45) is 2.94. The third-order valence-corrected chi connectivity index (χ3v) is 2.30. The van der Waals surface area contributed by atoms with Crippen molar-refractivity contribution in [3.8, 4) is 6.07 Å². The Morgan fingerprint density at radius 1 is 1.31 bits per heavy atom. The molecule has 0 atom stereocenters. The quantitative estimate of drug-likeness (QED) is 0.661. The van der Waals surface area contributed by atoms with Crippen LogP contribution in [0.25, 0.3) is 0 Å². The topological polar surface area (TPSA) is 36.7 Å². The second-order valence-corrected chi connectivity index (χ2v) is 3.17. The van der Waals surface area contributed by atoms with E-state index in [0.29, 0.717) is 12.8 Å². The third kappa shape index (κ3) is 1.08. The summed E-state index contributed by atoms with van der Waals surface area (Å²) in [6.45, 7) is 0. The molecule has 0 bridgehead atoms. The van der Waals surface area contributed by atoms with Gasteiger partial charge in [-0.25, -0.2) is 8.78 Å².